The number of pyridine rings is 1. The Balaban J connectivity index is 1.59. The maximum atomic E-state index is 10.7. The van der Waals surface area contributed by atoms with Crippen LogP contribution in [0.5, 0.6) is 0 Å². The van der Waals surface area contributed by atoms with E-state index in [1.807, 2.05) is 30.5 Å². The normalized spacial score (nSPS) is 29.9. The van der Waals surface area contributed by atoms with Crippen LogP contribution >= 0.6 is 0 Å². The molecule has 4 unspecified atom stereocenters. The predicted octanol–water partition coefficient (Wildman–Crippen LogP) is 4.09. The zero-order valence-electron chi connectivity index (χ0n) is 11.7. The van der Waals surface area contributed by atoms with Gasteiger partial charge in [0.15, 0.2) is 0 Å². The van der Waals surface area contributed by atoms with E-state index >= 15 is 0 Å². The molecule has 104 valence electrons. The molecule has 2 aliphatic rings. The molecule has 2 saturated carbocycles. The van der Waals surface area contributed by atoms with Gasteiger partial charge in [-0.2, -0.15) is 0 Å². The van der Waals surface area contributed by atoms with Crippen molar-refractivity contribution in [2.24, 2.45) is 17.8 Å². The number of para-hydroxylation sites is 1. The van der Waals surface area contributed by atoms with Gasteiger partial charge in [0.25, 0.3) is 0 Å². The highest BCUT2D eigenvalue weighted by molar-refractivity contribution is 5.82. The van der Waals surface area contributed by atoms with Crippen molar-refractivity contribution in [3.63, 3.8) is 0 Å². The SMILES string of the molecule is OC(CC1CC2CCC1C2)c1ccnc2ccccc12. The zero-order chi connectivity index (χ0) is 13.5. The fraction of sp³-hybridized carbons (Fsp3) is 0.500. The molecule has 0 spiro atoms. The molecule has 1 aromatic heterocycles. The maximum Gasteiger partial charge on any atom is 0.0799 e. The van der Waals surface area contributed by atoms with Gasteiger partial charge in [-0.1, -0.05) is 24.6 Å². The Morgan fingerprint density at radius 1 is 1.15 bits per heavy atom. The van der Waals surface area contributed by atoms with Crippen LogP contribution in [0.25, 0.3) is 10.9 Å². The molecule has 1 N–H and O–H groups in total. The molecule has 1 heterocycles. The van der Waals surface area contributed by atoms with Gasteiger partial charge in [-0.25, -0.2) is 0 Å². The van der Waals surface area contributed by atoms with Crippen LogP contribution in [0.15, 0.2) is 36.5 Å². The molecule has 20 heavy (non-hydrogen) atoms. The minimum atomic E-state index is -0.341. The van der Waals surface area contributed by atoms with Gasteiger partial charge in [-0.3, -0.25) is 4.98 Å². The number of nitrogens with zero attached hydrogens (tertiary/aromatic N) is 1. The van der Waals surface area contributed by atoms with Gasteiger partial charge in [0.1, 0.15) is 0 Å². The van der Waals surface area contributed by atoms with Gasteiger partial charge in [-0.05, 0) is 61.1 Å². The van der Waals surface area contributed by atoms with Crippen molar-refractivity contribution < 1.29 is 5.11 Å². The second kappa shape index (κ2) is 4.85. The third-order valence-corrected chi connectivity index (χ3v) is 5.45. The summed E-state index contributed by atoms with van der Waals surface area (Å²) in [5, 5.41) is 11.8. The van der Waals surface area contributed by atoms with Crippen LogP contribution in [0, 0.1) is 17.8 Å². The van der Waals surface area contributed by atoms with E-state index < -0.39 is 0 Å². The third-order valence-electron chi connectivity index (χ3n) is 5.45. The molecule has 2 fully saturated rings. The van der Waals surface area contributed by atoms with E-state index in [1.54, 1.807) is 0 Å². The summed E-state index contributed by atoms with van der Waals surface area (Å²) in [6.45, 7) is 0. The molecule has 2 bridgehead atoms. The highest BCUT2D eigenvalue weighted by Crippen LogP contribution is 2.51. The summed E-state index contributed by atoms with van der Waals surface area (Å²) in [5.41, 5.74) is 2.04. The van der Waals surface area contributed by atoms with Crippen LogP contribution in [0.4, 0.5) is 0 Å². The molecule has 2 aromatic rings. The van der Waals surface area contributed by atoms with Crippen LogP contribution in [-0.2, 0) is 0 Å². The summed E-state index contributed by atoms with van der Waals surface area (Å²) in [6.07, 6.45) is 7.97. The van der Waals surface area contributed by atoms with Crippen molar-refractivity contribution in [1.82, 2.24) is 4.98 Å². The molecule has 4 rings (SSSR count). The highest BCUT2D eigenvalue weighted by Gasteiger charge is 2.40. The average Bonchev–Trinajstić information content (AvgIpc) is 3.09. The van der Waals surface area contributed by atoms with Crippen molar-refractivity contribution in [1.29, 1.82) is 0 Å². The quantitative estimate of drug-likeness (QED) is 0.908. The summed E-state index contributed by atoms with van der Waals surface area (Å²) in [4.78, 5) is 4.38. The Kier molecular flexibility index (Phi) is 2.99. The monoisotopic (exact) mass is 267 g/mol. The second-order valence-corrected chi connectivity index (χ2v) is 6.60. The molecule has 2 heteroatoms. The van der Waals surface area contributed by atoms with E-state index in [0.29, 0.717) is 0 Å². The average molecular weight is 267 g/mol. The molecular weight excluding hydrogens is 246 g/mol. The highest BCUT2D eigenvalue weighted by atomic mass is 16.3. The lowest BCUT2D eigenvalue weighted by Gasteiger charge is -2.24. The van der Waals surface area contributed by atoms with Crippen LogP contribution < -0.4 is 0 Å². The first-order valence-corrected chi connectivity index (χ1v) is 7.83. The van der Waals surface area contributed by atoms with Crippen molar-refractivity contribution in [2.75, 3.05) is 0 Å². The van der Waals surface area contributed by atoms with Crippen LogP contribution in [-0.4, -0.2) is 10.1 Å². The number of aromatic nitrogens is 1. The lowest BCUT2D eigenvalue weighted by Crippen LogP contribution is -2.14. The van der Waals surface area contributed by atoms with E-state index in [4.69, 9.17) is 0 Å². The Bertz CT molecular complexity index is 618. The lowest BCUT2D eigenvalue weighted by molar-refractivity contribution is 0.127. The number of benzene rings is 1. The minimum Gasteiger partial charge on any atom is -0.388 e. The van der Waals surface area contributed by atoms with Crippen molar-refractivity contribution in [2.45, 2.75) is 38.2 Å². The van der Waals surface area contributed by atoms with Crippen molar-refractivity contribution >= 4 is 10.9 Å². The molecular formula is C18H21NO. The lowest BCUT2D eigenvalue weighted by atomic mass is 9.83. The molecule has 4 atom stereocenters. The molecule has 0 radical (unpaired) electrons. The summed E-state index contributed by atoms with van der Waals surface area (Å²) in [7, 11) is 0. The van der Waals surface area contributed by atoms with E-state index in [2.05, 4.69) is 11.1 Å². The topological polar surface area (TPSA) is 33.1 Å². The molecule has 0 saturated heterocycles. The fourth-order valence-corrected chi connectivity index (χ4v) is 4.49. The molecule has 2 aliphatic carbocycles. The Morgan fingerprint density at radius 3 is 2.85 bits per heavy atom. The third kappa shape index (κ3) is 2.03. The Hall–Kier alpha value is -1.41. The Morgan fingerprint density at radius 2 is 2.05 bits per heavy atom. The van der Waals surface area contributed by atoms with Crippen LogP contribution in [0.2, 0.25) is 0 Å². The Labute approximate surface area is 119 Å². The summed E-state index contributed by atoms with van der Waals surface area (Å²) in [5.74, 6) is 2.56. The van der Waals surface area contributed by atoms with Crippen LogP contribution in [0.1, 0.15) is 43.8 Å². The molecule has 1 aromatic carbocycles. The number of fused-ring (bicyclic) bond motifs is 3. The summed E-state index contributed by atoms with van der Waals surface area (Å²) < 4.78 is 0. The number of aliphatic hydroxyl groups is 1. The van der Waals surface area contributed by atoms with Crippen molar-refractivity contribution in [3.05, 3.63) is 42.1 Å². The zero-order valence-corrected chi connectivity index (χ0v) is 11.7. The molecule has 0 aliphatic heterocycles. The first-order chi connectivity index (χ1) is 9.81. The number of hydrogen-bond acceptors (Lipinski definition) is 2. The second-order valence-electron chi connectivity index (χ2n) is 6.60. The van der Waals surface area contributed by atoms with E-state index in [-0.39, 0.29) is 6.10 Å². The summed E-state index contributed by atoms with van der Waals surface area (Å²) >= 11 is 0. The van der Waals surface area contributed by atoms with Gasteiger partial charge < -0.3 is 5.11 Å². The number of aliphatic hydroxyl groups excluding tert-OH is 1. The van der Waals surface area contributed by atoms with Gasteiger partial charge >= 0.3 is 0 Å². The van der Waals surface area contributed by atoms with E-state index in [1.165, 1.54) is 25.7 Å². The maximum absolute atomic E-state index is 10.7. The van der Waals surface area contributed by atoms with Gasteiger partial charge in [0, 0.05) is 11.6 Å². The van der Waals surface area contributed by atoms with E-state index in [0.717, 1.165) is 40.6 Å². The number of hydrogen-bond donors (Lipinski definition) is 1. The predicted molar refractivity (Wildman–Crippen MR) is 80.3 cm³/mol. The fourth-order valence-electron chi connectivity index (χ4n) is 4.49. The van der Waals surface area contributed by atoms with Gasteiger partial charge in [0.05, 0.1) is 11.6 Å². The summed E-state index contributed by atoms with van der Waals surface area (Å²) in [6, 6.07) is 10.1. The molecule has 0 amide bonds. The first kappa shape index (κ1) is 12.3. The smallest absolute Gasteiger partial charge is 0.0799 e. The standard InChI is InChI=1S/C18H21NO/c20-18(11-14-10-12-5-6-13(14)9-12)16-7-8-19-17-4-2-1-3-15(16)17/h1-4,7-8,12-14,18,20H,5-6,9-11H2. The largest absolute Gasteiger partial charge is 0.388 e. The van der Waals surface area contributed by atoms with Gasteiger partial charge in [-0.15, -0.1) is 0 Å². The number of rotatable bonds is 3. The first-order valence-electron chi connectivity index (χ1n) is 7.83. The van der Waals surface area contributed by atoms with E-state index in [9.17, 15) is 5.11 Å². The molecule has 2 nitrogen and oxygen atoms in total. The van der Waals surface area contributed by atoms with Crippen molar-refractivity contribution in [3.8, 4) is 0 Å². The van der Waals surface area contributed by atoms with Crippen LogP contribution in [0.3, 0.4) is 0 Å². The minimum absolute atomic E-state index is 0.341. The van der Waals surface area contributed by atoms with Gasteiger partial charge in [0.2, 0.25) is 0 Å².